The van der Waals surface area contributed by atoms with Crippen LogP contribution in [0.15, 0.2) is 30.3 Å². The largest absolute Gasteiger partial charge is 0.354 e. The van der Waals surface area contributed by atoms with E-state index in [9.17, 15) is 28.8 Å². The van der Waals surface area contributed by atoms with Crippen molar-refractivity contribution in [1.82, 2.24) is 35.5 Å². The molecule has 3 atom stereocenters. The molecule has 1 fully saturated rings. The maximum absolute atomic E-state index is 13.6. The summed E-state index contributed by atoms with van der Waals surface area (Å²) in [7, 11) is 1.47. The van der Waals surface area contributed by atoms with Gasteiger partial charge >= 0.3 is 0 Å². The van der Waals surface area contributed by atoms with Crippen LogP contribution in [0.1, 0.15) is 67.8 Å². The Morgan fingerprint density at radius 1 is 1.02 bits per heavy atom. The maximum Gasteiger partial charge on any atom is 0.245 e. The highest BCUT2D eigenvalue weighted by Gasteiger charge is 2.33. The predicted molar refractivity (Wildman–Crippen MR) is 172 cm³/mol. The second-order valence-electron chi connectivity index (χ2n) is 12.2. The zero-order valence-corrected chi connectivity index (χ0v) is 27.9. The minimum Gasteiger partial charge on any atom is -0.354 e. The second-order valence-corrected chi connectivity index (χ2v) is 12.2. The lowest BCUT2D eigenvalue weighted by Gasteiger charge is -2.32. The highest BCUT2D eigenvalue weighted by atomic mass is 16.2. The van der Waals surface area contributed by atoms with Gasteiger partial charge in [-0.05, 0) is 45.6 Å². The van der Waals surface area contributed by atoms with E-state index in [1.807, 2.05) is 30.3 Å². The number of Topliss-reactive ketones (excluding diaryl/α,β-unsaturated/α-hetero) is 1. The van der Waals surface area contributed by atoms with Crippen molar-refractivity contribution in [1.29, 1.82) is 0 Å². The average Bonchev–Trinajstić information content (AvgIpc) is 3.29. The molecule has 13 heteroatoms. The van der Waals surface area contributed by atoms with Crippen LogP contribution in [0.2, 0.25) is 0 Å². The second kappa shape index (κ2) is 16.1. The number of rotatable bonds is 7. The number of carbonyl (C=O) groups is 6. The molecule has 0 unspecified atom stereocenters. The number of hydrogen-bond acceptors (Lipinski definition) is 7. The maximum atomic E-state index is 13.6. The standard InChI is InChI=1S/C33H47N7O6/c1-20(2)30-33(46)38(7)19-27(42)35-26(18-25-12-9-8-10-13-25)32(45)34-15-11-16-39(23(5)31(44)36-30)28(43)14-17-40-22(4)29(24(6)41)21(3)37-40/h8-10,12-13,20,23,26,30H,11,14-19H2,1-7H3,(H,34,45)(H,35,42)(H,36,44)/t23-,26+,30+/m1/s1. The molecule has 2 aromatic rings. The molecule has 0 radical (unpaired) electrons. The molecule has 2 heterocycles. The molecular weight excluding hydrogens is 590 g/mol. The van der Waals surface area contributed by atoms with Crippen LogP contribution in [-0.4, -0.2) is 99.7 Å². The molecule has 13 nitrogen and oxygen atoms in total. The van der Waals surface area contributed by atoms with E-state index in [0.29, 0.717) is 23.4 Å². The minimum absolute atomic E-state index is 0.0176. The van der Waals surface area contributed by atoms with E-state index in [4.69, 9.17) is 0 Å². The van der Waals surface area contributed by atoms with Gasteiger partial charge in [-0.2, -0.15) is 5.10 Å². The molecule has 0 bridgehead atoms. The van der Waals surface area contributed by atoms with Crippen LogP contribution < -0.4 is 16.0 Å². The van der Waals surface area contributed by atoms with E-state index in [0.717, 1.165) is 5.56 Å². The van der Waals surface area contributed by atoms with Gasteiger partial charge in [0.05, 0.1) is 17.8 Å². The molecule has 0 aliphatic carbocycles. The van der Waals surface area contributed by atoms with Crippen molar-refractivity contribution in [3.05, 3.63) is 52.8 Å². The Kier molecular flexibility index (Phi) is 12.6. The van der Waals surface area contributed by atoms with Gasteiger partial charge in [-0.25, -0.2) is 0 Å². The third-order valence-corrected chi connectivity index (χ3v) is 8.24. The lowest BCUT2D eigenvalue weighted by molar-refractivity contribution is -0.143. The molecule has 3 rings (SSSR count). The van der Waals surface area contributed by atoms with Crippen LogP contribution in [0.3, 0.4) is 0 Å². The van der Waals surface area contributed by atoms with Crippen LogP contribution in [0, 0.1) is 19.8 Å². The number of amides is 5. The van der Waals surface area contributed by atoms with Gasteiger partial charge in [-0.15, -0.1) is 0 Å². The number of benzene rings is 1. The zero-order chi connectivity index (χ0) is 34.1. The highest BCUT2D eigenvalue weighted by molar-refractivity contribution is 5.96. The van der Waals surface area contributed by atoms with E-state index in [-0.39, 0.29) is 56.6 Å². The summed E-state index contributed by atoms with van der Waals surface area (Å²) in [5.74, 6) is -2.61. The topological polar surface area (TPSA) is 163 Å². The summed E-state index contributed by atoms with van der Waals surface area (Å²) in [5.41, 5.74) is 2.63. The van der Waals surface area contributed by atoms with Crippen molar-refractivity contribution >= 4 is 35.3 Å². The molecule has 1 saturated heterocycles. The first kappa shape index (κ1) is 35.9. The molecule has 1 aromatic heterocycles. The summed E-state index contributed by atoms with van der Waals surface area (Å²) < 4.78 is 1.62. The van der Waals surface area contributed by atoms with Gasteiger partial charge in [0, 0.05) is 45.2 Å². The van der Waals surface area contributed by atoms with Crippen molar-refractivity contribution < 1.29 is 28.8 Å². The van der Waals surface area contributed by atoms with Gasteiger partial charge in [0.2, 0.25) is 29.5 Å². The Labute approximate surface area is 270 Å². The monoisotopic (exact) mass is 637 g/mol. The summed E-state index contributed by atoms with van der Waals surface area (Å²) in [6.45, 7) is 10.4. The van der Waals surface area contributed by atoms with Gasteiger partial charge in [0.25, 0.3) is 0 Å². The fourth-order valence-electron chi connectivity index (χ4n) is 5.65. The van der Waals surface area contributed by atoms with Crippen molar-refractivity contribution in [3.8, 4) is 0 Å². The summed E-state index contributed by atoms with van der Waals surface area (Å²) in [4.78, 5) is 81.5. The van der Waals surface area contributed by atoms with Crippen LogP contribution in [0.5, 0.6) is 0 Å². The fraction of sp³-hybridized carbons (Fsp3) is 0.545. The Morgan fingerprint density at radius 3 is 2.30 bits per heavy atom. The molecule has 250 valence electrons. The number of nitrogens with zero attached hydrogens (tertiary/aromatic N) is 4. The zero-order valence-electron chi connectivity index (χ0n) is 27.9. The van der Waals surface area contributed by atoms with Gasteiger partial charge in [0.15, 0.2) is 5.78 Å². The number of hydrogen-bond donors (Lipinski definition) is 3. The number of aromatic nitrogens is 2. The smallest absolute Gasteiger partial charge is 0.245 e. The van der Waals surface area contributed by atoms with Crippen LogP contribution in [0.4, 0.5) is 0 Å². The average molecular weight is 638 g/mol. The van der Waals surface area contributed by atoms with E-state index < -0.39 is 41.8 Å². The molecule has 0 spiro atoms. The summed E-state index contributed by atoms with van der Waals surface area (Å²) in [6.07, 6.45) is 0.606. The fourth-order valence-corrected chi connectivity index (χ4v) is 5.65. The first-order valence-electron chi connectivity index (χ1n) is 15.7. The Morgan fingerprint density at radius 2 is 1.70 bits per heavy atom. The molecule has 1 aliphatic heterocycles. The number of likely N-dealkylation sites (N-methyl/N-ethyl adjacent to an activating group) is 1. The molecular formula is C33H47N7O6. The number of carbonyl (C=O) groups excluding carboxylic acids is 6. The molecule has 1 aromatic carbocycles. The normalized spacial score (nSPS) is 20.7. The Balaban J connectivity index is 1.86. The minimum atomic E-state index is -0.944. The molecule has 46 heavy (non-hydrogen) atoms. The van der Waals surface area contributed by atoms with Crippen molar-refractivity contribution in [2.45, 2.75) is 85.5 Å². The van der Waals surface area contributed by atoms with Gasteiger partial charge in [-0.1, -0.05) is 44.2 Å². The van der Waals surface area contributed by atoms with E-state index >= 15 is 0 Å². The van der Waals surface area contributed by atoms with Crippen LogP contribution >= 0.6 is 0 Å². The SMILES string of the molecule is CC(=O)c1c(C)nn(CCC(=O)N2CCCNC(=O)[C@H](Cc3ccccc3)NC(=O)CN(C)C(=O)[C@H](C(C)C)NC(=O)[C@H]2C)c1C. The molecule has 5 amide bonds. The molecule has 1 aliphatic rings. The molecule has 3 N–H and O–H groups in total. The third kappa shape index (κ3) is 9.24. The Hall–Kier alpha value is -4.55. The number of aryl methyl sites for hydroxylation is 2. The quantitative estimate of drug-likeness (QED) is 0.384. The predicted octanol–water partition coefficient (Wildman–Crippen LogP) is 1.16. The van der Waals surface area contributed by atoms with Gasteiger partial charge in [-0.3, -0.25) is 33.4 Å². The first-order valence-corrected chi connectivity index (χ1v) is 15.7. The van der Waals surface area contributed by atoms with Gasteiger partial charge in [0.1, 0.15) is 18.1 Å². The molecule has 0 saturated carbocycles. The van der Waals surface area contributed by atoms with Crippen molar-refractivity contribution in [3.63, 3.8) is 0 Å². The summed E-state index contributed by atoms with van der Waals surface area (Å²) >= 11 is 0. The highest BCUT2D eigenvalue weighted by Crippen LogP contribution is 2.16. The van der Waals surface area contributed by atoms with Crippen molar-refractivity contribution in [2.24, 2.45) is 5.92 Å². The number of ketones is 1. The van der Waals surface area contributed by atoms with Crippen LogP contribution in [-0.2, 0) is 36.9 Å². The van der Waals surface area contributed by atoms with E-state index in [2.05, 4.69) is 21.0 Å². The first-order chi connectivity index (χ1) is 21.7. The van der Waals surface area contributed by atoms with Crippen molar-refractivity contribution in [2.75, 3.05) is 26.7 Å². The van der Waals surface area contributed by atoms with E-state index in [1.54, 1.807) is 39.3 Å². The lowest BCUT2D eigenvalue weighted by atomic mass is 10.0. The van der Waals surface area contributed by atoms with Crippen LogP contribution in [0.25, 0.3) is 0 Å². The Bertz CT molecular complexity index is 1440. The summed E-state index contributed by atoms with van der Waals surface area (Å²) in [5, 5.41) is 12.8. The lowest BCUT2D eigenvalue weighted by Crippen LogP contribution is -2.57. The summed E-state index contributed by atoms with van der Waals surface area (Å²) in [6, 6.07) is 6.52. The third-order valence-electron chi connectivity index (χ3n) is 8.24. The van der Waals surface area contributed by atoms with E-state index in [1.165, 1.54) is 23.8 Å². The van der Waals surface area contributed by atoms with Gasteiger partial charge < -0.3 is 25.8 Å². The number of nitrogens with one attached hydrogen (secondary N) is 3.